The highest BCUT2D eigenvalue weighted by Crippen LogP contribution is 2.47. The third-order valence-corrected chi connectivity index (χ3v) is 8.74. The Labute approximate surface area is 262 Å². The Morgan fingerprint density at radius 3 is 2.43 bits per heavy atom. The van der Waals surface area contributed by atoms with E-state index >= 15 is 0 Å². The van der Waals surface area contributed by atoms with Gasteiger partial charge in [-0.1, -0.05) is 31.5 Å². The lowest BCUT2D eigenvalue weighted by atomic mass is 9.83. The smallest absolute Gasteiger partial charge is 0.308 e. The van der Waals surface area contributed by atoms with Gasteiger partial charge in [-0.15, -0.1) is 0 Å². The Morgan fingerprint density at radius 2 is 1.75 bits per heavy atom. The van der Waals surface area contributed by atoms with Crippen LogP contribution in [0.5, 0.6) is 23.0 Å². The Hall–Kier alpha value is -3.50. The van der Waals surface area contributed by atoms with Gasteiger partial charge in [-0.3, -0.25) is 14.5 Å². The summed E-state index contributed by atoms with van der Waals surface area (Å²) >= 11 is 0. The summed E-state index contributed by atoms with van der Waals surface area (Å²) in [6, 6.07) is 11.0. The average molecular weight is 613 g/mol. The van der Waals surface area contributed by atoms with Gasteiger partial charge in [0.1, 0.15) is 5.75 Å². The molecule has 0 bridgehead atoms. The Kier molecular flexibility index (Phi) is 11.4. The second-order valence-corrected chi connectivity index (χ2v) is 12.9. The van der Waals surface area contributed by atoms with Crippen LogP contribution in [-0.4, -0.2) is 112 Å². The average Bonchev–Trinajstić information content (AvgIpc) is 3.61. The number of para-hydroxylation sites is 1. The molecule has 3 atom stereocenters. The Morgan fingerprint density at radius 1 is 1.02 bits per heavy atom. The van der Waals surface area contributed by atoms with Crippen molar-refractivity contribution in [2.45, 2.75) is 51.0 Å². The van der Waals surface area contributed by atoms with Crippen molar-refractivity contribution in [1.82, 2.24) is 9.80 Å². The van der Waals surface area contributed by atoms with Crippen LogP contribution in [0, 0.1) is 5.92 Å². The summed E-state index contributed by atoms with van der Waals surface area (Å²) in [6.07, 6.45) is 4.34. The summed E-state index contributed by atoms with van der Waals surface area (Å²) < 4.78 is 23.4. The van der Waals surface area contributed by atoms with Crippen molar-refractivity contribution in [1.29, 1.82) is 0 Å². The van der Waals surface area contributed by atoms with Crippen molar-refractivity contribution in [3.8, 4) is 23.0 Å². The monoisotopic (exact) mass is 612 g/mol. The van der Waals surface area contributed by atoms with E-state index in [1.165, 1.54) is 0 Å². The Balaban J connectivity index is 1.64. The summed E-state index contributed by atoms with van der Waals surface area (Å²) in [6.45, 7) is 5.23. The molecule has 2 aromatic carbocycles. The highest BCUT2D eigenvalue weighted by molar-refractivity contribution is 5.79. The summed E-state index contributed by atoms with van der Waals surface area (Å²) in [5.41, 5.74) is 1.71. The first kappa shape index (κ1) is 33.4. The highest BCUT2D eigenvalue weighted by Gasteiger charge is 2.48. The van der Waals surface area contributed by atoms with E-state index in [9.17, 15) is 14.7 Å². The number of unbranched alkanes of at least 4 members (excludes halogenated alkanes) is 2. The molecule has 0 radical (unpaired) electrons. The minimum atomic E-state index is -0.898. The standard InChI is InChI=1S/C34H49N3O7/c1-7-8-15-35(16-11-12-17-37(2,3)4)31(38)22-36-21-26(25-19-29(42-6)33-30(20-25)43-23-44-33)32(34(39)40)27(36)18-24-13-9-10-14-28(24)41-5/h9-10,13-14,19-20,26-27,32H,7-8,11-12,15-18,21-23H2,1-6H3/p+1/t26-,27+,32?/m1/s1. The predicted molar refractivity (Wildman–Crippen MR) is 169 cm³/mol. The maximum atomic E-state index is 13.9. The second-order valence-electron chi connectivity index (χ2n) is 12.9. The number of nitrogens with zero attached hydrogens (tertiary/aromatic N) is 3. The lowest BCUT2D eigenvalue weighted by Crippen LogP contribution is -2.45. The van der Waals surface area contributed by atoms with E-state index in [0.717, 1.165) is 47.8 Å². The summed E-state index contributed by atoms with van der Waals surface area (Å²) in [7, 11) is 9.72. The molecule has 1 saturated heterocycles. The largest absolute Gasteiger partial charge is 0.496 e. The maximum Gasteiger partial charge on any atom is 0.308 e. The number of fused-ring (bicyclic) bond motifs is 1. The Bertz CT molecular complexity index is 1280. The molecule has 44 heavy (non-hydrogen) atoms. The van der Waals surface area contributed by atoms with Crippen molar-refractivity contribution >= 4 is 11.9 Å². The third kappa shape index (κ3) is 8.15. The van der Waals surface area contributed by atoms with Crippen molar-refractivity contribution in [2.24, 2.45) is 5.92 Å². The molecule has 10 heteroatoms. The molecule has 1 N–H and O–H groups in total. The van der Waals surface area contributed by atoms with E-state index < -0.39 is 23.8 Å². The molecule has 0 aromatic heterocycles. The number of rotatable bonds is 16. The number of ether oxygens (including phenoxy) is 4. The number of hydrogen-bond donors (Lipinski definition) is 1. The van der Waals surface area contributed by atoms with Crippen molar-refractivity contribution in [2.75, 3.05) is 74.9 Å². The number of benzene rings is 2. The van der Waals surface area contributed by atoms with Gasteiger partial charge in [0, 0.05) is 31.6 Å². The van der Waals surface area contributed by atoms with Gasteiger partial charge < -0.3 is 33.4 Å². The molecule has 0 aliphatic carbocycles. The molecule has 10 nitrogen and oxygen atoms in total. The van der Waals surface area contributed by atoms with E-state index in [0.29, 0.717) is 49.1 Å². The predicted octanol–water partition coefficient (Wildman–Crippen LogP) is 4.26. The topological polar surface area (TPSA) is 97.8 Å². The van der Waals surface area contributed by atoms with E-state index in [1.807, 2.05) is 41.3 Å². The van der Waals surface area contributed by atoms with Gasteiger partial charge >= 0.3 is 5.97 Å². The van der Waals surface area contributed by atoms with Crippen LogP contribution in [0.4, 0.5) is 0 Å². The van der Waals surface area contributed by atoms with Gasteiger partial charge in [0.15, 0.2) is 11.5 Å². The number of amides is 1. The number of quaternary nitrogens is 1. The molecule has 2 aromatic rings. The van der Waals surface area contributed by atoms with Crippen LogP contribution in [0.2, 0.25) is 0 Å². The van der Waals surface area contributed by atoms with Crippen molar-refractivity contribution in [3.05, 3.63) is 47.5 Å². The van der Waals surface area contributed by atoms with Gasteiger partial charge in [0.05, 0.1) is 54.4 Å². The molecule has 1 unspecified atom stereocenters. The fraction of sp³-hybridized carbons (Fsp3) is 0.588. The van der Waals surface area contributed by atoms with Crippen molar-refractivity contribution in [3.63, 3.8) is 0 Å². The number of carbonyl (C=O) groups excluding carboxylic acids is 1. The third-order valence-electron chi connectivity index (χ3n) is 8.74. The van der Waals surface area contributed by atoms with Crippen LogP contribution in [0.3, 0.4) is 0 Å². The number of carbonyl (C=O) groups is 2. The molecule has 0 saturated carbocycles. The quantitative estimate of drug-likeness (QED) is 0.222. The summed E-state index contributed by atoms with van der Waals surface area (Å²) in [5, 5.41) is 10.7. The normalized spacial score (nSPS) is 19.6. The zero-order valence-corrected chi connectivity index (χ0v) is 27.2. The van der Waals surface area contributed by atoms with Crippen LogP contribution < -0.4 is 18.9 Å². The van der Waals surface area contributed by atoms with E-state index in [4.69, 9.17) is 18.9 Å². The highest BCUT2D eigenvalue weighted by atomic mass is 16.7. The molecular weight excluding hydrogens is 562 g/mol. The van der Waals surface area contributed by atoms with Gasteiger partial charge in [0.25, 0.3) is 0 Å². The SMILES string of the molecule is CCCCN(CCCC[N+](C)(C)C)C(=O)CN1C[C@H](c2cc(OC)c3c(c2)OCO3)C(C(=O)O)[C@@H]1Cc1ccccc1OC. The van der Waals surface area contributed by atoms with E-state index in [-0.39, 0.29) is 19.2 Å². The van der Waals surface area contributed by atoms with E-state index in [2.05, 4.69) is 33.0 Å². The number of carboxylic acids is 1. The first-order chi connectivity index (χ1) is 21.1. The summed E-state index contributed by atoms with van der Waals surface area (Å²) in [4.78, 5) is 31.0. The molecule has 2 aliphatic heterocycles. The minimum Gasteiger partial charge on any atom is -0.496 e. The minimum absolute atomic E-state index is 0.0433. The lowest BCUT2D eigenvalue weighted by molar-refractivity contribution is -0.870. The molecule has 1 fully saturated rings. The fourth-order valence-corrected chi connectivity index (χ4v) is 6.42. The molecule has 242 valence electrons. The number of hydrogen-bond acceptors (Lipinski definition) is 7. The van der Waals surface area contributed by atoms with Gasteiger partial charge in [-0.05, 0) is 55.0 Å². The molecule has 4 rings (SSSR count). The van der Waals surface area contributed by atoms with Crippen LogP contribution in [0.25, 0.3) is 0 Å². The molecule has 1 amide bonds. The van der Waals surface area contributed by atoms with Crippen molar-refractivity contribution < 1.29 is 38.1 Å². The maximum absolute atomic E-state index is 13.9. The van der Waals surface area contributed by atoms with Crippen LogP contribution >= 0.6 is 0 Å². The fourth-order valence-electron chi connectivity index (χ4n) is 6.42. The van der Waals surface area contributed by atoms with Gasteiger partial charge in [0.2, 0.25) is 18.4 Å². The summed E-state index contributed by atoms with van der Waals surface area (Å²) in [5.74, 6) is 0.261. The zero-order chi connectivity index (χ0) is 31.9. The molecule has 0 spiro atoms. The molecule has 2 aliphatic rings. The van der Waals surface area contributed by atoms with Crippen LogP contribution in [0.1, 0.15) is 49.7 Å². The second kappa shape index (κ2) is 15.0. The number of aliphatic carboxylic acids is 1. The first-order valence-corrected chi connectivity index (χ1v) is 15.7. The zero-order valence-electron chi connectivity index (χ0n) is 27.2. The van der Waals surface area contributed by atoms with Gasteiger partial charge in [-0.2, -0.15) is 0 Å². The molecular formula is C34H50N3O7+. The first-order valence-electron chi connectivity index (χ1n) is 15.7. The molecule has 2 heterocycles. The van der Waals surface area contributed by atoms with Crippen LogP contribution in [0.15, 0.2) is 36.4 Å². The number of carboxylic acid groups (broad SMARTS) is 1. The van der Waals surface area contributed by atoms with E-state index in [1.54, 1.807) is 14.2 Å². The van der Waals surface area contributed by atoms with Gasteiger partial charge in [-0.25, -0.2) is 0 Å². The number of likely N-dealkylation sites (tertiary alicyclic amines) is 1. The lowest BCUT2D eigenvalue weighted by Gasteiger charge is -2.30. The number of methoxy groups -OCH3 is 2. The van der Waals surface area contributed by atoms with Crippen LogP contribution in [-0.2, 0) is 16.0 Å².